The molecule has 13 heavy (non-hydrogen) atoms. The Bertz CT molecular complexity index is 475. The highest BCUT2D eigenvalue weighted by molar-refractivity contribution is 9.10. The minimum absolute atomic E-state index is 0.0990. The number of rotatable bonds is 1. The largest absolute Gasteiger partial charge is 0.543 e. The van der Waals surface area contributed by atoms with Crippen molar-refractivity contribution in [3.8, 4) is 0 Å². The Kier molecular flexibility index (Phi) is 1.84. The SMILES string of the molecule is O=C([O-])c1cc2c(Br)cccc2[nH]1. The number of carbonyl (C=O) groups excluding carboxylic acids is 1. The van der Waals surface area contributed by atoms with E-state index in [1.165, 1.54) is 0 Å². The molecule has 1 N–H and O–H groups in total. The molecule has 2 aromatic rings. The Morgan fingerprint density at radius 2 is 2.23 bits per heavy atom. The van der Waals surface area contributed by atoms with E-state index in [1.807, 2.05) is 18.2 Å². The summed E-state index contributed by atoms with van der Waals surface area (Å²) in [6.07, 6.45) is 0. The average Bonchev–Trinajstić information content (AvgIpc) is 2.49. The summed E-state index contributed by atoms with van der Waals surface area (Å²) in [5.74, 6) is -1.19. The van der Waals surface area contributed by atoms with Crippen LogP contribution in [0.3, 0.4) is 0 Å². The molecule has 0 saturated carbocycles. The van der Waals surface area contributed by atoms with Crippen LogP contribution in [-0.4, -0.2) is 11.0 Å². The Hall–Kier alpha value is -1.29. The van der Waals surface area contributed by atoms with Gasteiger partial charge in [0.15, 0.2) is 0 Å². The van der Waals surface area contributed by atoms with Crippen molar-refractivity contribution >= 4 is 32.8 Å². The first-order valence-corrected chi connectivity index (χ1v) is 4.46. The summed E-state index contributed by atoms with van der Waals surface area (Å²) in [4.78, 5) is 13.3. The van der Waals surface area contributed by atoms with Crippen molar-refractivity contribution in [1.82, 2.24) is 4.98 Å². The number of aromatic carboxylic acids is 1. The lowest BCUT2D eigenvalue weighted by molar-refractivity contribution is -0.255. The molecule has 1 heterocycles. The number of aromatic amines is 1. The molecule has 0 aliphatic carbocycles. The molecule has 3 nitrogen and oxygen atoms in total. The van der Waals surface area contributed by atoms with Crippen molar-refractivity contribution in [2.24, 2.45) is 0 Å². The summed E-state index contributed by atoms with van der Waals surface area (Å²) >= 11 is 3.33. The van der Waals surface area contributed by atoms with Crippen LogP contribution < -0.4 is 5.11 Å². The molecule has 1 aromatic heterocycles. The van der Waals surface area contributed by atoms with E-state index in [0.717, 1.165) is 15.4 Å². The number of carboxylic acids is 1. The Balaban J connectivity index is 2.75. The van der Waals surface area contributed by atoms with Crippen molar-refractivity contribution in [3.05, 3.63) is 34.4 Å². The van der Waals surface area contributed by atoms with Crippen molar-refractivity contribution in [3.63, 3.8) is 0 Å². The highest BCUT2D eigenvalue weighted by Crippen LogP contribution is 2.23. The zero-order chi connectivity index (χ0) is 9.42. The fourth-order valence-electron chi connectivity index (χ4n) is 1.23. The molecule has 0 fully saturated rings. The van der Waals surface area contributed by atoms with Gasteiger partial charge >= 0.3 is 0 Å². The molecule has 4 heteroatoms. The minimum atomic E-state index is -1.19. The first kappa shape index (κ1) is 8.31. The van der Waals surface area contributed by atoms with Crippen molar-refractivity contribution < 1.29 is 9.90 Å². The minimum Gasteiger partial charge on any atom is -0.543 e. The Labute approximate surface area is 82.5 Å². The van der Waals surface area contributed by atoms with Gasteiger partial charge in [0.25, 0.3) is 0 Å². The molecule has 0 radical (unpaired) electrons. The molecule has 1 aromatic carbocycles. The van der Waals surface area contributed by atoms with Crippen LogP contribution in [0.2, 0.25) is 0 Å². The van der Waals surface area contributed by atoms with E-state index in [2.05, 4.69) is 20.9 Å². The van der Waals surface area contributed by atoms with Gasteiger partial charge < -0.3 is 14.9 Å². The van der Waals surface area contributed by atoms with E-state index in [0.29, 0.717) is 0 Å². The van der Waals surface area contributed by atoms with Gasteiger partial charge in [0.1, 0.15) is 0 Å². The van der Waals surface area contributed by atoms with Crippen LogP contribution >= 0.6 is 15.9 Å². The van der Waals surface area contributed by atoms with Crippen molar-refractivity contribution in [1.29, 1.82) is 0 Å². The number of hydrogen-bond acceptors (Lipinski definition) is 2. The summed E-state index contributed by atoms with van der Waals surface area (Å²) in [5, 5.41) is 11.4. The number of benzene rings is 1. The number of H-pyrrole nitrogens is 1. The van der Waals surface area contributed by atoms with Crippen molar-refractivity contribution in [2.45, 2.75) is 0 Å². The second kappa shape index (κ2) is 2.88. The van der Waals surface area contributed by atoms with E-state index >= 15 is 0 Å². The van der Waals surface area contributed by atoms with Crippen LogP contribution in [0.1, 0.15) is 10.5 Å². The molecule has 0 saturated heterocycles. The van der Waals surface area contributed by atoms with Crippen LogP contribution in [0.25, 0.3) is 10.9 Å². The Morgan fingerprint density at radius 3 is 2.85 bits per heavy atom. The lowest BCUT2D eigenvalue weighted by Crippen LogP contribution is -2.22. The molecule has 66 valence electrons. The fourth-order valence-corrected chi connectivity index (χ4v) is 1.71. The smallest absolute Gasteiger partial charge is 0.0878 e. The molecular weight excluding hydrogens is 234 g/mol. The molecule has 0 bridgehead atoms. The molecular formula is C9H5BrNO2-. The van der Waals surface area contributed by atoms with Crippen LogP contribution in [0, 0.1) is 0 Å². The normalized spacial score (nSPS) is 10.5. The predicted molar refractivity (Wildman–Crippen MR) is 50.3 cm³/mol. The van der Waals surface area contributed by atoms with Gasteiger partial charge in [-0.2, -0.15) is 0 Å². The average molecular weight is 239 g/mol. The maximum absolute atomic E-state index is 10.5. The van der Waals surface area contributed by atoms with E-state index in [-0.39, 0.29) is 5.69 Å². The molecule has 0 unspecified atom stereocenters. The molecule has 0 amide bonds. The van der Waals surface area contributed by atoms with Gasteiger partial charge in [0.05, 0.1) is 11.7 Å². The third-order valence-electron chi connectivity index (χ3n) is 1.83. The molecule has 0 spiro atoms. The summed E-state index contributed by atoms with van der Waals surface area (Å²) < 4.78 is 0.869. The zero-order valence-electron chi connectivity index (χ0n) is 6.50. The number of carbonyl (C=O) groups is 1. The van der Waals surface area contributed by atoms with Gasteiger partial charge in [0, 0.05) is 15.4 Å². The van der Waals surface area contributed by atoms with Gasteiger partial charge in [-0.1, -0.05) is 22.0 Å². The first-order chi connectivity index (χ1) is 6.18. The number of carboxylic acid groups (broad SMARTS) is 1. The van der Waals surface area contributed by atoms with E-state index in [4.69, 9.17) is 0 Å². The maximum Gasteiger partial charge on any atom is 0.0878 e. The summed E-state index contributed by atoms with van der Waals surface area (Å²) in [6.45, 7) is 0. The molecule has 0 atom stereocenters. The topological polar surface area (TPSA) is 55.9 Å². The predicted octanol–water partition coefficient (Wildman–Crippen LogP) is 1.29. The van der Waals surface area contributed by atoms with Gasteiger partial charge in [-0.05, 0) is 18.2 Å². The second-order valence-corrected chi connectivity index (χ2v) is 3.53. The number of hydrogen-bond donors (Lipinski definition) is 1. The molecule has 2 rings (SSSR count). The van der Waals surface area contributed by atoms with Crippen LogP contribution in [0.4, 0.5) is 0 Å². The van der Waals surface area contributed by atoms with Gasteiger partial charge in [-0.25, -0.2) is 0 Å². The monoisotopic (exact) mass is 238 g/mol. The number of halogens is 1. The molecule has 0 aliphatic rings. The lowest BCUT2D eigenvalue weighted by Gasteiger charge is -1.93. The number of aromatic nitrogens is 1. The third-order valence-corrected chi connectivity index (χ3v) is 2.52. The summed E-state index contributed by atoms with van der Waals surface area (Å²) in [7, 11) is 0. The zero-order valence-corrected chi connectivity index (χ0v) is 8.09. The maximum atomic E-state index is 10.5. The summed E-state index contributed by atoms with van der Waals surface area (Å²) in [5.41, 5.74) is 0.885. The van der Waals surface area contributed by atoms with Crippen LogP contribution in [0.5, 0.6) is 0 Å². The third kappa shape index (κ3) is 1.33. The highest BCUT2D eigenvalue weighted by Gasteiger charge is 2.03. The van der Waals surface area contributed by atoms with Crippen LogP contribution in [-0.2, 0) is 0 Å². The number of fused-ring (bicyclic) bond motifs is 1. The van der Waals surface area contributed by atoms with Gasteiger partial charge in [-0.15, -0.1) is 0 Å². The second-order valence-electron chi connectivity index (χ2n) is 2.67. The fraction of sp³-hybridized carbons (Fsp3) is 0. The lowest BCUT2D eigenvalue weighted by atomic mass is 10.2. The van der Waals surface area contributed by atoms with Gasteiger partial charge in [-0.3, -0.25) is 0 Å². The summed E-state index contributed by atoms with van der Waals surface area (Å²) in [6, 6.07) is 7.05. The van der Waals surface area contributed by atoms with Crippen molar-refractivity contribution in [2.75, 3.05) is 0 Å². The van der Waals surface area contributed by atoms with E-state index in [1.54, 1.807) is 6.07 Å². The van der Waals surface area contributed by atoms with E-state index < -0.39 is 5.97 Å². The highest BCUT2D eigenvalue weighted by atomic mass is 79.9. The van der Waals surface area contributed by atoms with Crippen LogP contribution in [0.15, 0.2) is 28.7 Å². The quantitative estimate of drug-likeness (QED) is 0.815. The molecule has 0 aliphatic heterocycles. The number of nitrogens with one attached hydrogen (secondary N) is 1. The van der Waals surface area contributed by atoms with E-state index in [9.17, 15) is 9.90 Å². The van der Waals surface area contributed by atoms with Gasteiger partial charge in [0.2, 0.25) is 0 Å². The first-order valence-electron chi connectivity index (χ1n) is 3.67. The Morgan fingerprint density at radius 1 is 1.46 bits per heavy atom. The standard InChI is InChI=1S/C9H6BrNO2/c10-6-2-1-3-7-5(6)4-8(11-7)9(12)13/h1-4,11H,(H,12,13)/p-1.